The zero-order chi connectivity index (χ0) is 20.5. The van der Waals surface area contributed by atoms with Crippen molar-refractivity contribution in [2.45, 2.75) is 19.3 Å². The van der Waals surface area contributed by atoms with Gasteiger partial charge < -0.3 is 20.9 Å². The summed E-state index contributed by atoms with van der Waals surface area (Å²) in [6, 6.07) is 19.4. The largest absolute Gasteiger partial charge is 0.341 e. The lowest BCUT2D eigenvalue weighted by Gasteiger charge is -2.35. The number of nitrogens with two attached hydrogens (primary N) is 1. The van der Waals surface area contributed by atoms with E-state index in [-0.39, 0.29) is 30.3 Å². The minimum absolute atomic E-state index is 0. The smallest absolute Gasteiger partial charge is 0.321 e. The molecule has 1 aliphatic heterocycles. The number of rotatable bonds is 7. The number of hydrogen-bond acceptors (Lipinski definition) is 3. The molecule has 162 valence electrons. The summed E-state index contributed by atoms with van der Waals surface area (Å²) in [7, 11) is 0. The topological polar surface area (TPSA) is 78.7 Å². The standard InChI is InChI=1S/C23H30N4O2.ClH/c24-14-17-26(16-13-19-8-3-1-4-9-19)22(28)20-10-7-15-27(18-20)23(29)25-21-11-5-2-6-12-21;/h1-6,8-9,11-12,20H,7,10,13-18,24H2,(H,25,29);1H. The van der Waals surface area contributed by atoms with Crippen molar-refractivity contribution >= 4 is 30.0 Å². The van der Waals surface area contributed by atoms with Gasteiger partial charge in [-0.2, -0.15) is 0 Å². The van der Waals surface area contributed by atoms with E-state index in [4.69, 9.17) is 5.73 Å². The number of amides is 3. The molecule has 0 bridgehead atoms. The van der Waals surface area contributed by atoms with Crippen LogP contribution in [0.4, 0.5) is 10.5 Å². The van der Waals surface area contributed by atoms with Gasteiger partial charge in [-0.15, -0.1) is 12.4 Å². The van der Waals surface area contributed by atoms with Gasteiger partial charge in [-0.3, -0.25) is 4.79 Å². The molecule has 0 aliphatic carbocycles. The SMILES string of the molecule is Cl.NCCN(CCc1ccccc1)C(=O)C1CCCN(C(=O)Nc2ccccc2)C1. The van der Waals surface area contributed by atoms with Gasteiger partial charge in [0, 0.05) is 38.4 Å². The molecular weight excluding hydrogens is 400 g/mol. The molecule has 2 aromatic carbocycles. The molecule has 2 aromatic rings. The van der Waals surface area contributed by atoms with E-state index in [0.717, 1.165) is 24.9 Å². The first kappa shape index (κ1) is 23.7. The third kappa shape index (κ3) is 6.75. The molecule has 1 atom stereocenters. The minimum Gasteiger partial charge on any atom is -0.341 e. The summed E-state index contributed by atoms with van der Waals surface area (Å²) in [5.74, 6) is -0.0730. The average Bonchev–Trinajstić information content (AvgIpc) is 2.77. The number of para-hydroxylation sites is 1. The first-order valence-electron chi connectivity index (χ1n) is 10.3. The highest BCUT2D eigenvalue weighted by molar-refractivity contribution is 5.90. The number of anilines is 1. The Morgan fingerprint density at radius 1 is 1.03 bits per heavy atom. The molecule has 0 aromatic heterocycles. The van der Waals surface area contributed by atoms with Crippen molar-refractivity contribution < 1.29 is 9.59 Å². The summed E-state index contributed by atoms with van der Waals surface area (Å²) in [6.45, 7) is 2.74. The van der Waals surface area contributed by atoms with Gasteiger partial charge in [-0.1, -0.05) is 48.5 Å². The lowest BCUT2D eigenvalue weighted by molar-refractivity contribution is -0.136. The van der Waals surface area contributed by atoms with E-state index in [1.54, 1.807) is 4.90 Å². The molecular formula is C23H31ClN4O2. The van der Waals surface area contributed by atoms with Gasteiger partial charge in [0.25, 0.3) is 0 Å². The first-order valence-corrected chi connectivity index (χ1v) is 10.3. The van der Waals surface area contributed by atoms with Crippen LogP contribution in [0.25, 0.3) is 0 Å². The number of nitrogens with one attached hydrogen (secondary N) is 1. The molecule has 1 unspecified atom stereocenters. The molecule has 0 spiro atoms. The second kappa shape index (κ2) is 12.2. The summed E-state index contributed by atoms with van der Waals surface area (Å²) in [5, 5.41) is 2.91. The van der Waals surface area contributed by atoms with Gasteiger partial charge in [-0.05, 0) is 37.0 Å². The molecule has 1 fully saturated rings. The fraction of sp³-hybridized carbons (Fsp3) is 0.391. The Hall–Kier alpha value is -2.57. The predicted octanol–water partition coefficient (Wildman–Crippen LogP) is 3.38. The summed E-state index contributed by atoms with van der Waals surface area (Å²) in [5.41, 5.74) is 7.72. The molecule has 1 saturated heterocycles. The Labute approximate surface area is 184 Å². The van der Waals surface area contributed by atoms with Crippen molar-refractivity contribution in [1.82, 2.24) is 9.80 Å². The fourth-order valence-corrected chi connectivity index (χ4v) is 3.74. The van der Waals surface area contributed by atoms with Crippen LogP contribution in [0.3, 0.4) is 0 Å². The van der Waals surface area contributed by atoms with Crippen LogP contribution in [-0.4, -0.2) is 54.5 Å². The second-order valence-electron chi connectivity index (χ2n) is 7.43. The highest BCUT2D eigenvalue weighted by atomic mass is 35.5. The van der Waals surface area contributed by atoms with Gasteiger partial charge >= 0.3 is 6.03 Å². The maximum atomic E-state index is 13.1. The zero-order valence-corrected chi connectivity index (χ0v) is 18.0. The predicted molar refractivity (Wildman–Crippen MR) is 123 cm³/mol. The average molecular weight is 431 g/mol. The normalized spacial score (nSPS) is 15.8. The number of likely N-dealkylation sites (tertiary alicyclic amines) is 1. The Morgan fingerprint density at radius 2 is 1.70 bits per heavy atom. The third-order valence-corrected chi connectivity index (χ3v) is 5.31. The number of nitrogens with zero attached hydrogens (tertiary/aromatic N) is 2. The summed E-state index contributed by atoms with van der Waals surface area (Å²) < 4.78 is 0. The van der Waals surface area contributed by atoms with Crippen LogP contribution < -0.4 is 11.1 Å². The van der Waals surface area contributed by atoms with E-state index in [1.807, 2.05) is 53.4 Å². The molecule has 0 radical (unpaired) electrons. The molecule has 1 aliphatic rings. The van der Waals surface area contributed by atoms with Gasteiger partial charge in [0.2, 0.25) is 5.91 Å². The van der Waals surface area contributed by atoms with Crippen molar-refractivity contribution in [3.8, 4) is 0 Å². The Kier molecular flexibility index (Phi) is 9.64. The summed E-state index contributed by atoms with van der Waals surface area (Å²) in [4.78, 5) is 29.4. The lowest BCUT2D eigenvalue weighted by atomic mass is 9.96. The monoisotopic (exact) mass is 430 g/mol. The maximum Gasteiger partial charge on any atom is 0.321 e. The van der Waals surface area contributed by atoms with Crippen molar-refractivity contribution in [2.75, 3.05) is 38.0 Å². The minimum atomic E-state index is -0.174. The van der Waals surface area contributed by atoms with Gasteiger partial charge in [0.05, 0.1) is 5.92 Å². The van der Waals surface area contributed by atoms with E-state index in [0.29, 0.717) is 32.7 Å². The molecule has 6 nitrogen and oxygen atoms in total. The number of carbonyl (C=O) groups is 2. The maximum absolute atomic E-state index is 13.1. The third-order valence-electron chi connectivity index (χ3n) is 5.31. The van der Waals surface area contributed by atoms with Crippen LogP contribution >= 0.6 is 12.4 Å². The van der Waals surface area contributed by atoms with Gasteiger partial charge in [0.15, 0.2) is 0 Å². The number of piperidine rings is 1. The van der Waals surface area contributed by atoms with Crippen LogP contribution in [0.1, 0.15) is 18.4 Å². The molecule has 1 heterocycles. The number of urea groups is 1. The number of hydrogen-bond donors (Lipinski definition) is 2. The van der Waals surface area contributed by atoms with Crippen molar-refractivity contribution in [1.29, 1.82) is 0 Å². The quantitative estimate of drug-likeness (QED) is 0.706. The van der Waals surface area contributed by atoms with Gasteiger partial charge in [0.1, 0.15) is 0 Å². The number of carbonyl (C=O) groups excluding carboxylic acids is 2. The first-order chi connectivity index (χ1) is 14.2. The van der Waals surface area contributed by atoms with E-state index in [1.165, 1.54) is 5.56 Å². The Morgan fingerprint density at radius 3 is 2.37 bits per heavy atom. The molecule has 0 saturated carbocycles. The van der Waals surface area contributed by atoms with Crippen molar-refractivity contribution in [2.24, 2.45) is 11.7 Å². The van der Waals surface area contributed by atoms with Crippen molar-refractivity contribution in [3.05, 3.63) is 66.2 Å². The van der Waals surface area contributed by atoms with Crippen LogP contribution in [0, 0.1) is 5.92 Å². The fourth-order valence-electron chi connectivity index (χ4n) is 3.74. The lowest BCUT2D eigenvalue weighted by Crippen LogP contribution is -2.49. The van der Waals surface area contributed by atoms with Gasteiger partial charge in [-0.25, -0.2) is 4.79 Å². The summed E-state index contributed by atoms with van der Waals surface area (Å²) >= 11 is 0. The summed E-state index contributed by atoms with van der Waals surface area (Å²) in [6.07, 6.45) is 2.44. The molecule has 3 amide bonds. The van der Waals surface area contributed by atoms with Crippen molar-refractivity contribution in [3.63, 3.8) is 0 Å². The van der Waals surface area contributed by atoms with Crippen LogP contribution in [0.5, 0.6) is 0 Å². The highest BCUT2D eigenvalue weighted by Crippen LogP contribution is 2.20. The van der Waals surface area contributed by atoms with Crippen LogP contribution in [0.15, 0.2) is 60.7 Å². The van der Waals surface area contributed by atoms with Crippen LogP contribution in [0.2, 0.25) is 0 Å². The van der Waals surface area contributed by atoms with E-state index < -0.39 is 0 Å². The Balaban J connectivity index is 0.00000320. The van der Waals surface area contributed by atoms with E-state index in [9.17, 15) is 9.59 Å². The molecule has 30 heavy (non-hydrogen) atoms. The van der Waals surface area contributed by atoms with Crippen LogP contribution in [-0.2, 0) is 11.2 Å². The molecule has 7 heteroatoms. The molecule has 3 N–H and O–H groups in total. The number of benzene rings is 2. The zero-order valence-electron chi connectivity index (χ0n) is 17.2. The highest BCUT2D eigenvalue weighted by Gasteiger charge is 2.31. The Bertz CT molecular complexity index is 788. The number of halogens is 1. The van der Waals surface area contributed by atoms with E-state index >= 15 is 0 Å². The second-order valence-corrected chi connectivity index (χ2v) is 7.43. The van der Waals surface area contributed by atoms with E-state index in [2.05, 4.69) is 17.4 Å². The molecule has 3 rings (SSSR count).